The molecule has 0 aliphatic heterocycles. The van der Waals surface area contributed by atoms with Gasteiger partial charge in [-0.2, -0.15) is 5.10 Å². The molecule has 1 aromatic carbocycles. The molecule has 23 heavy (non-hydrogen) atoms. The van der Waals surface area contributed by atoms with Gasteiger partial charge in [0, 0.05) is 18.8 Å². The Morgan fingerprint density at radius 3 is 2.83 bits per heavy atom. The first kappa shape index (κ1) is 15.4. The summed E-state index contributed by atoms with van der Waals surface area (Å²) in [5.41, 5.74) is 1.77. The summed E-state index contributed by atoms with van der Waals surface area (Å²) in [5.74, 6) is -0.574. The zero-order valence-corrected chi connectivity index (χ0v) is 13.5. The van der Waals surface area contributed by atoms with Crippen LogP contribution in [0.15, 0.2) is 36.5 Å². The zero-order valence-electron chi connectivity index (χ0n) is 12.7. The number of halogens is 1. The molecule has 0 spiro atoms. The normalized spacial score (nSPS) is 10.7. The number of hydrogen-bond donors (Lipinski definition) is 1. The van der Waals surface area contributed by atoms with E-state index in [1.807, 2.05) is 19.3 Å². The van der Waals surface area contributed by atoms with Crippen LogP contribution in [-0.4, -0.2) is 20.7 Å². The maximum atomic E-state index is 13.8. The molecule has 1 amide bonds. The van der Waals surface area contributed by atoms with Crippen molar-refractivity contribution in [2.45, 2.75) is 13.5 Å². The Hall–Kier alpha value is -2.54. The van der Waals surface area contributed by atoms with Gasteiger partial charge in [-0.1, -0.05) is 12.1 Å². The molecule has 3 aromatic rings. The summed E-state index contributed by atoms with van der Waals surface area (Å²) in [4.78, 5) is 17.1. The SMILES string of the molecule is Cc1nc(-c2ccccc2F)sc1C(=O)NCc1ccn(C)n1. The molecule has 0 saturated carbocycles. The fourth-order valence-electron chi connectivity index (χ4n) is 2.17. The predicted octanol–water partition coefficient (Wildman–Crippen LogP) is 2.92. The van der Waals surface area contributed by atoms with Gasteiger partial charge in [0.05, 0.1) is 17.9 Å². The summed E-state index contributed by atoms with van der Waals surface area (Å²) in [6.07, 6.45) is 1.82. The number of carbonyl (C=O) groups excluding carboxylic acids is 1. The first-order chi connectivity index (χ1) is 11.0. The summed E-state index contributed by atoms with van der Waals surface area (Å²) in [6.45, 7) is 2.09. The van der Waals surface area contributed by atoms with Crippen molar-refractivity contribution in [3.8, 4) is 10.6 Å². The molecular weight excluding hydrogens is 315 g/mol. The topological polar surface area (TPSA) is 59.8 Å². The van der Waals surface area contributed by atoms with E-state index in [2.05, 4.69) is 15.4 Å². The lowest BCUT2D eigenvalue weighted by atomic mass is 10.2. The molecule has 7 heteroatoms. The number of thiazole rings is 1. The second-order valence-electron chi connectivity index (χ2n) is 5.08. The van der Waals surface area contributed by atoms with Crippen LogP contribution in [0.25, 0.3) is 10.6 Å². The van der Waals surface area contributed by atoms with Gasteiger partial charge in [0.2, 0.25) is 0 Å². The van der Waals surface area contributed by atoms with Gasteiger partial charge in [-0.25, -0.2) is 9.37 Å². The zero-order chi connectivity index (χ0) is 16.4. The number of hydrogen-bond acceptors (Lipinski definition) is 4. The van der Waals surface area contributed by atoms with Gasteiger partial charge in [-0.15, -0.1) is 11.3 Å². The number of nitrogens with zero attached hydrogens (tertiary/aromatic N) is 3. The average molecular weight is 330 g/mol. The molecule has 0 atom stereocenters. The molecule has 2 aromatic heterocycles. The van der Waals surface area contributed by atoms with Gasteiger partial charge < -0.3 is 5.32 Å². The summed E-state index contributed by atoms with van der Waals surface area (Å²) < 4.78 is 15.5. The minimum Gasteiger partial charge on any atom is -0.346 e. The Morgan fingerprint density at radius 2 is 2.13 bits per heavy atom. The van der Waals surface area contributed by atoms with Crippen molar-refractivity contribution in [1.29, 1.82) is 0 Å². The Balaban J connectivity index is 1.78. The van der Waals surface area contributed by atoms with Crippen molar-refractivity contribution in [3.05, 3.63) is 58.6 Å². The van der Waals surface area contributed by atoms with E-state index < -0.39 is 0 Å². The fourth-order valence-corrected chi connectivity index (χ4v) is 3.18. The highest BCUT2D eigenvalue weighted by Crippen LogP contribution is 2.29. The van der Waals surface area contributed by atoms with Gasteiger partial charge in [-0.05, 0) is 25.1 Å². The number of rotatable bonds is 4. The van der Waals surface area contributed by atoms with E-state index in [9.17, 15) is 9.18 Å². The molecular formula is C16H15FN4OS. The molecule has 1 N–H and O–H groups in total. The van der Waals surface area contributed by atoms with Crippen LogP contribution < -0.4 is 5.32 Å². The molecule has 5 nitrogen and oxygen atoms in total. The predicted molar refractivity (Wildman–Crippen MR) is 86.6 cm³/mol. The third-order valence-electron chi connectivity index (χ3n) is 3.31. The van der Waals surface area contributed by atoms with Crippen molar-refractivity contribution >= 4 is 17.2 Å². The highest BCUT2D eigenvalue weighted by Gasteiger charge is 2.17. The number of carbonyl (C=O) groups is 1. The number of aromatic nitrogens is 3. The van der Waals surface area contributed by atoms with E-state index in [-0.39, 0.29) is 11.7 Å². The number of amides is 1. The van der Waals surface area contributed by atoms with E-state index >= 15 is 0 Å². The van der Waals surface area contributed by atoms with Crippen LogP contribution in [0.2, 0.25) is 0 Å². The summed E-state index contributed by atoms with van der Waals surface area (Å²) in [5, 5.41) is 7.52. The number of nitrogens with one attached hydrogen (secondary N) is 1. The monoisotopic (exact) mass is 330 g/mol. The molecule has 0 saturated heterocycles. The van der Waals surface area contributed by atoms with E-state index in [0.29, 0.717) is 27.7 Å². The highest BCUT2D eigenvalue weighted by molar-refractivity contribution is 7.17. The molecule has 3 rings (SSSR count). The minimum absolute atomic E-state index is 0.228. The van der Waals surface area contributed by atoms with Gasteiger partial charge in [0.15, 0.2) is 0 Å². The van der Waals surface area contributed by atoms with Crippen LogP contribution in [0.3, 0.4) is 0 Å². The van der Waals surface area contributed by atoms with Crippen LogP contribution in [0.4, 0.5) is 4.39 Å². The van der Waals surface area contributed by atoms with E-state index in [1.165, 1.54) is 17.4 Å². The lowest BCUT2D eigenvalue weighted by molar-refractivity contribution is 0.0953. The summed E-state index contributed by atoms with van der Waals surface area (Å²) >= 11 is 1.19. The molecule has 0 bridgehead atoms. The molecule has 0 unspecified atom stereocenters. The number of aryl methyl sites for hydroxylation is 2. The van der Waals surface area contributed by atoms with Crippen LogP contribution in [0, 0.1) is 12.7 Å². The molecule has 0 aliphatic carbocycles. The lowest BCUT2D eigenvalue weighted by Gasteiger charge is -2.01. The second kappa shape index (κ2) is 6.29. The van der Waals surface area contributed by atoms with E-state index in [0.717, 1.165) is 5.69 Å². The quantitative estimate of drug-likeness (QED) is 0.800. The standard InChI is InChI=1S/C16H15FN4OS/c1-10-14(15(22)18-9-11-7-8-21(2)20-11)23-16(19-10)12-5-3-4-6-13(12)17/h3-8H,9H2,1-2H3,(H,18,22). The fraction of sp³-hybridized carbons (Fsp3) is 0.188. The largest absolute Gasteiger partial charge is 0.346 e. The van der Waals surface area contributed by atoms with Gasteiger partial charge >= 0.3 is 0 Å². The van der Waals surface area contributed by atoms with Crippen molar-refractivity contribution in [3.63, 3.8) is 0 Å². The van der Waals surface area contributed by atoms with Crippen molar-refractivity contribution in [2.24, 2.45) is 7.05 Å². The molecule has 118 valence electrons. The second-order valence-corrected chi connectivity index (χ2v) is 6.08. The average Bonchev–Trinajstić information content (AvgIpc) is 3.11. The smallest absolute Gasteiger partial charge is 0.263 e. The van der Waals surface area contributed by atoms with Gasteiger partial charge in [-0.3, -0.25) is 9.48 Å². The highest BCUT2D eigenvalue weighted by atomic mass is 32.1. The third kappa shape index (κ3) is 3.29. The Morgan fingerprint density at radius 1 is 1.35 bits per heavy atom. The molecule has 0 aliphatic rings. The minimum atomic E-state index is -0.346. The van der Waals surface area contributed by atoms with E-state index in [1.54, 1.807) is 29.8 Å². The Bertz CT molecular complexity index is 855. The van der Waals surface area contributed by atoms with Crippen LogP contribution in [-0.2, 0) is 13.6 Å². The van der Waals surface area contributed by atoms with Crippen LogP contribution in [0.1, 0.15) is 21.1 Å². The van der Waals surface area contributed by atoms with Crippen LogP contribution >= 0.6 is 11.3 Å². The van der Waals surface area contributed by atoms with Crippen molar-refractivity contribution in [1.82, 2.24) is 20.1 Å². The van der Waals surface area contributed by atoms with Gasteiger partial charge in [0.1, 0.15) is 15.7 Å². The van der Waals surface area contributed by atoms with Crippen LogP contribution in [0.5, 0.6) is 0 Å². The summed E-state index contributed by atoms with van der Waals surface area (Å²) in [6, 6.07) is 8.25. The van der Waals surface area contributed by atoms with Crippen molar-refractivity contribution < 1.29 is 9.18 Å². The molecule has 2 heterocycles. The first-order valence-corrected chi connectivity index (χ1v) is 7.85. The molecule has 0 radical (unpaired) electrons. The van der Waals surface area contributed by atoms with Crippen molar-refractivity contribution in [2.75, 3.05) is 0 Å². The lowest BCUT2D eigenvalue weighted by Crippen LogP contribution is -2.22. The Kier molecular flexibility index (Phi) is 4.20. The Labute approximate surface area is 136 Å². The van der Waals surface area contributed by atoms with Gasteiger partial charge in [0.25, 0.3) is 5.91 Å². The number of benzene rings is 1. The maximum Gasteiger partial charge on any atom is 0.263 e. The summed E-state index contributed by atoms with van der Waals surface area (Å²) in [7, 11) is 1.82. The first-order valence-electron chi connectivity index (χ1n) is 7.03. The maximum absolute atomic E-state index is 13.8. The van der Waals surface area contributed by atoms with E-state index in [4.69, 9.17) is 0 Å². The molecule has 0 fully saturated rings. The third-order valence-corrected chi connectivity index (χ3v) is 4.50.